The van der Waals surface area contributed by atoms with E-state index in [0.717, 1.165) is 17.0 Å². The molecule has 0 saturated carbocycles. The maximum Gasteiger partial charge on any atom is 0.130 e. The number of aliphatic hydroxyl groups is 1. The van der Waals surface area contributed by atoms with Gasteiger partial charge in [0, 0.05) is 18.5 Å². The number of nitrogen functional groups attached to an aromatic ring is 1. The molecule has 2 aromatic rings. The van der Waals surface area contributed by atoms with Gasteiger partial charge < -0.3 is 15.6 Å². The Labute approximate surface area is 106 Å². The van der Waals surface area contributed by atoms with Gasteiger partial charge in [0.1, 0.15) is 12.4 Å². The van der Waals surface area contributed by atoms with Crippen LogP contribution in [0.1, 0.15) is 11.3 Å². The first-order chi connectivity index (χ1) is 8.79. The Kier molecular flexibility index (Phi) is 4.15. The van der Waals surface area contributed by atoms with Crippen molar-refractivity contribution >= 4 is 5.69 Å². The molecule has 2 rings (SSSR count). The van der Waals surface area contributed by atoms with E-state index in [2.05, 4.69) is 4.98 Å². The number of para-hydroxylation sites is 1. The van der Waals surface area contributed by atoms with Crippen molar-refractivity contribution in [1.29, 1.82) is 0 Å². The highest BCUT2D eigenvalue weighted by atomic mass is 16.5. The Balaban J connectivity index is 2.06. The molecule has 0 amide bonds. The summed E-state index contributed by atoms with van der Waals surface area (Å²) in [6.45, 7) is 0.477. The van der Waals surface area contributed by atoms with E-state index >= 15 is 0 Å². The quantitative estimate of drug-likeness (QED) is 0.841. The van der Waals surface area contributed by atoms with E-state index in [9.17, 15) is 0 Å². The monoisotopic (exact) mass is 244 g/mol. The number of hydrogen-bond donors (Lipinski definition) is 2. The van der Waals surface area contributed by atoms with E-state index in [-0.39, 0.29) is 6.61 Å². The van der Waals surface area contributed by atoms with Crippen LogP contribution in [-0.4, -0.2) is 16.7 Å². The number of benzene rings is 1. The van der Waals surface area contributed by atoms with Gasteiger partial charge >= 0.3 is 0 Å². The van der Waals surface area contributed by atoms with Crippen molar-refractivity contribution in [3.8, 4) is 5.75 Å². The third-order valence-electron chi connectivity index (χ3n) is 2.57. The summed E-state index contributed by atoms with van der Waals surface area (Å²) in [4.78, 5) is 4.18. The van der Waals surface area contributed by atoms with E-state index in [1.807, 2.05) is 24.3 Å². The normalized spacial score (nSPS) is 10.3. The molecule has 1 aromatic carbocycles. The highest BCUT2D eigenvalue weighted by molar-refractivity contribution is 5.37. The Morgan fingerprint density at radius 1 is 1.22 bits per heavy atom. The summed E-state index contributed by atoms with van der Waals surface area (Å²) < 4.78 is 5.70. The fraction of sp³-hybridized carbons (Fsp3) is 0.214. The molecular formula is C14H16N2O2. The lowest BCUT2D eigenvalue weighted by atomic mass is 10.1. The van der Waals surface area contributed by atoms with Crippen molar-refractivity contribution < 1.29 is 9.84 Å². The summed E-state index contributed by atoms with van der Waals surface area (Å²) >= 11 is 0. The highest BCUT2D eigenvalue weighted by Gasteiger charge is 2.03. The molecule has 0 aliphatic rings. The SMILES string of the molecule is Nc1ccnc(COc2ccccc2CCO)c1. The fourth-order valence-electron chi connectivity index (χ4n) is 1.70. The number of nitrogens with zero attached hydrogens (tertiary/aromatic N) is 1. The van der Waals surface area contributed by atoms with Gasteiger partial charge in [-0.2, -0.15) is 0 Å². The van der Waals surface area contributed by atoms with Crippen molar-refractivity contribution in [3.05, 3.63) is 53.9 Å². The van der Waals surface area contributed by atoms with E-state index in [0.29, 0.717) is 18.7 Å². The Hall–Kier alpha value is -2.07. The van der Waals surface area contributed by atoms with Gasteiger partial charge in [0.05, 0.1) is 5.69 Å². The molecular weight excluding hydrogens is 228 g/mol. The lowest BCUT2D eigenvalue weighted by Gasteiger charge is -2.10. The van der Waals surface area contributed by atoms with Gasteiger partial charge in [0.15, 0.2) is 0 Å². The van der Waals surface area contributed by atoms with Gasteiger partial charge in [0.25, 0.3) is 0 Å². The molecule has 0 fully saturated rings. The molecule has 0 bridgehead atoms. The summed E-state index contributed by atoms with van der Waals surface area (Å²) in [5.74, 6) is 0.774. The highest BCUT2D eigenvalue weighted by Crippen LogP contribution is 2.19. The second-order valence-corrected chi connectivity index (χ2v) is 3.95. The number of anilines is 1. The second kappa shape index (κ2) is 6.02. The van der Waals surface area contributed by atoms with Crippen LogP contribution in [0, 0.1) is 0 Å². The van der Waals surface area contributed by atoms with Crippen molar-refractivity contribution in [2.24, 2.45) is 0 Å². The first-order valence-corrected chi connectivity index (χ1v) is 5.81. The summed E-state index contributed by atoms with van der Waals surface area (Å²) in [6, 6.07) is 11.2. The van der Waals surface area contributed by atoms with Crippen LogP contribution < -0.4 is 10.5 Å². The van der Waals surface area contributed by atoms with Crippen LogP contribution in [0.4, 0.5) is 5.69 Å². The summed E-state index contributed by atoms with van der Waals surface area (Å²) in [6.07, 6.45) is 2.24. The molecule has 3 N–H and O–H groups in total. The van der Waals surface area contributed by atoms with Crippen LogP contribution in [0.3, 0.4) is 0 Å². The maximum atomic E-state index is 8.98. The number of rotatable bonds is 5. The number of nitrogens with two attached hydrogens (primary N) is 1. The second-order valence-electron chi connectivity index (χ2n) is 3.95. The molecule has 0 saturated heterocycles. The largest absolute Gasteiger partial charge is 0.487 e. The Bertz CT molecular complexity index is 515. The molecule has 0 atom stereocenters. The fourth-order valence-corrected chi connectivity index (χ4v) is 1.70. The van der Waals surface area contributed by atoms with Crippen LogP contribution >= 0.6 is 0 Å². The van der Waals surface area contributed by atoms with E-state index in [1.165, 1.54) is 0 Å². The van der Waals surface area contributed by atoms with E-state index < -0.39 is 0 Å². The molecule has 0 aliphatic heterocycles. The molecule has 0 radical (unpaired) electrons. The first kappa shape index (κ1) is 12.4. The van der Waals surface area contributed by atoms with Crippen LogP contribution in [0.25, 0.3) is 0 Å². The summed E-state index contributed by atoms with van der Waals surface area (Å²) in [7, 11) is 0. The summed E-state index contributed by atoms with van der Waals surface area (Å²) in [5.41, 5.74) is 8.13. The molecule has 4 nitrogen and oxygen atoms in total. The van der Waals surface area contributed by atoms with Gasteiger partial charge in [-0.05, 0) is 30.2 Å². The lowest BCUT2D eigenvalue weighted by Crippen LogP contribution is -2.02. The molecule has 1 heterocycles. The zero-order valence-corrected chi connectivity index (χ0v) is 10.0. The zero-order chi connectivity index (χ0) is 12.8. The predicted molar refractivity (Wildman–Crippen MR) is 70.2 cm³/mol. The molecule has 1 aromatic heterocycles. The number of aromatic nitrogens is 1. The molecule has 18 heavy (non-hydrogen) atoms. The maximum absolute atomic E-state index is 8.98. The molecule has 0 unspecified atom stereocenters. The van der Waals surface area contributed by atoms with Crippen LogP contribution in [0.15, 0.2) is 42.6 Å². The third-order valence-corrected chi connectivity index (χ3v) is 2.57. The standard InChI is InChI=1S/C14H16N2O2/c15-12-5-7-16-13(9-12)10-18-14-4-2-1-3-11(14)6-8-17/h1-5,7,9,17H,6,8,10H2,(H2,15,16). The molecule has 94 valence electrons. The minimum Gasteiger partial charge on any atom is -0.487 e. The topological polar surface area (TPSA) is 68.4 Å². The third kappa shape index (κ3) is 3.21. The van der Waals surface area contributed by atoms with Crippen LogP contribution in [0.2, 0.25) is 0 Å². The molecule has 0 aliphatic carbocycles. The van der Waals surface area contributed by atoms with Gasteiger partial charge in [0.2, 0.25) is 0 Å². The van der Waals surface area contributed by atoms with E-state index in [1.54, 1.807) is 18.3 Å². The Morgan fingerprint density at radius 3 is 2.83 bits per heavy atom. The number of pyridine rings is 1. The zero-order valence-electron chi connectivity index (χ0n) is 10.0. The van der Waals surface area contributed by atoms with Crippen molar-refractivity contribution in [2.45, 2.75) is 13.0 Å². The van der Waals surface area contributed by atoms with Crippen molar-refractivity contribution in [2.75, 3.05) is 12.3 Å². The van der Waals surface area contributed by atoms with Gasteiger partial charge in [-0.25, -0.2) is 0 Å². The lowest BCUT2D eigenvalue weighted by molar-refractivity contribution is 0.282. The average Bonchev–Trinajstić information content (AvgIpc) is 2.38. The average molecular weight is 244 g/mol. The van der Waals surface area contributed by atoms with Crippen molar-refractivity contribution in [3.63, 3.8) is 0 Å². The number of ether oxygens (including phenoxy) is 1. The number of hydrogen-bond acceptors (Lipinski definition) is 4. The summed E-state index contributed by atoms with van der Waals surface area (Å²) in [5, 5.41) is 8.98. The van der Waals surface area contributed by atoms with Gasteiger partial charge in [-0.1, -0.05) is 18.2 Å². The van der Waals surface area contributed by atoms with Gasteiger partial charge in [-0.15, -0.1) is 0 Å². The van der Waals surface area contributed by atoms with Gasteiger partial charge in [-0.3, -0.25) is 4.98 Å². The smallest absolute Gasteiger partial charge is 0.130 e. The first-order valence-electron chi connectivity index (χ1n) is 5.81. The minimum absolute atomic E-state index is 0.108. The van der Waals surface area contributed by atoms with Crippen LogP contribution in [-0.2, 0) is 13.0 Å². The van der Waals surface area contributed by atoms with Crippen molar-refractivity contribution in [1.82, 2.24) is 4.98 Å². The Morgan fingerprint density at radius 2 is 2.06 bits per heavy atom. The molecule has 4 heteroatoms. The number of aliphatic hydroxyl groups excluding tert-OH is 1. The van der Waals surface area contributed by atoms with E-state index in [4.69, 9.17) is 15.6 Å². The minimum atomic E-state index is 0.108. The predicted octanol–water partition coefficient (Wildman–Crippen LogP) is 1.78. The molecule has 0 spiro atoms. The van der Waals surface area contributed by atoms with Crippen LogP contribution in [0.5, 0.6) is 5.75 Å².